The molecule has 1 aliphatic rings. The first-order valence-electron chi connectivity index (χ1n) is 4.91. The second kappa shape index (κ2) is 3.90. The number of aliphatic carboxylic acids is 1. The Morgan fingerprint density at radius 3 is 2.87 bits per heavy atom. The molecule has 3 N–H and O–H groups in total. The Kier molecular flexibility index (Phi) is 2.60. The highest BCUT2D eigenvalue weighted by Gasteiger charge is 2.33. The second-order valence-corrected chi connectivity index (χ2v) is 3.80. The lowest BCUT2D eigenvalue weighted by atomic mass is 9.89. The van der Waals surface area contributed by atoms with Gasteiger partial charge in [0.15, 0.2) is 0 Å². The van der Waals surface area contributed by atoms with Crippen molar-refractivity contribution >= 4 is 5.97 Å². The summed E-state index contributed by atoms with van der Waals surface area (Å²) in [6.07, 6.45) is 0. The molecule has 80 valence electrons. The first-order chi connectivity index (χ1) is 7.18. The number of carboxylic acid groups (broad SMARTS) is 1. The van der Waals surface area contributed by atoms with Crippen molar-refractivity contribution in [3.8, 4) is 5.75 Å². The number of benzene rings is 1. The minimum atomic E-state index is -0.784. The van der Waals surface area contributed by atoms with Crippen molar-refractivity contribution in [2.24, 2.45) is 5.92 Å². The Morgan fingerprint density at radius 2 is 2.20 bits per heavy atom. The van der Waals surface area contributed by atoms with Crippen LogP contribution in [0.25, 0.3) is 0 Å². The summed E-state index contributed by atoms with van der Waals surface area (Å²) in [5.74, 6) is -1.04. The van der Waals surface area contributed by atoms with Crippen molar-refractivity contribution in [2.75, 3.05) is 13.1 Å². The van der Waals surface area contributed by atoms with Gasteiger partial charge in [-0.3, -0.25) is 4.79 Å². The van der Waals surface area contributed by atoms with Gasteiger partial charge in [0.1, 0.15) is 5.75 Å². The topological polar surface area (TPSA) is 69.6 Å². The smallest absolute Gasteiger partial charge is 0.308 e. The molecular formula is C11H13NO3. The van der Waals surface area contributed by atoms with Crippen LogP contribution in [0.15, 0.2) is 24.3 Å². The molecule has 1 heterocycles. The first kappa shape index (κ1) is 9.98. The summed E-state index contributed by atoms with van der Waals surface area (Å²) in [7, 11) is 0. The molecule has 2 atom stereocenters. The van der Waals surface area contributed by atoms with E-state index in [1.54, 1.807) is 18.2 Å². The standard InChI is InChI=1S/C11H13NO3/c13-8-3-1-2-7(4-8)9-5-12-6-10(9)11(14)15/h1-4,9-10,12-13H,5-6H2,(H,14,15)/t9-,10-/m0/s1. The molecule has 0 unspecified atom stereocenters. The van der Waals surface area contributed by atoms with Crippen molar-refractivity contribution in [1.29, 1.82) is 0 Å². The molecule has 1 fully saturated rings. The van der Waals surface area contributed by atoms with E-state index in [0.29, 0.717) is 13.1 Å². The molecular weight excluding hydrogens is 194 g/mol. The number of hydrogen-bond acceptors (Lipinski definition) is 3. The second-order valence-electron chi connectivity index (χ2n) is 3.80. The van der Waals surface area contributed by atoms with Gasteiger partial charge in [0.2, 0.25) is 0 Å². The molecule has 0 saturated carbocycles. The number of aromatic hydroxyl groups is 1. The van der Waals surface area contributed by atoms with Gasteiger partial charge in [0.25, 0.3) is 0 Å². The molecule has 1 aliphatic heterocycles. The van der Waals surface area contributed by atoms with Crippen molar-refractivity contribution in [3.05, 3.63) is 29.8 Å². The van der Waals surface area contributed by atoms with E-state index >= 15 is 0 Å². The Morgan fingerprint density at radius 1 is 1.40 bits per heavy atom. The van der Waals surface area contributed by atoms with Gasteiger partial charge in [-0.1, -0.05) is 12.1 Å². The molecule has 1 aromatic carbocycles. The van der Waals surface area contributed by atoms with Crippen molar-refractivity contribution in [1.82, 2.24) is 5.32 Å². The van der Waals surface area contributed by atoms with Gasteiger partial charge in [0.05, 0.1) is 5.92 Å². The molecule has 1 saturated heterocycles. The minimum absolute atomic E-state index is 0.0467. The minimum Gasteiger partial charge on any atom is -0.508 e. The lowest BCUT2D eigenvalue weighted by Gasteiger charge is -2.14. The SMILES string of the molecule is O=C(O)[C@H]1CNC[C@H]1c1cccc(O)c1. The summed E-state index contributed by atoms with van der Waals surface area (Å²) in [6, 6.07) is 6.81. The number of carbonyl (C=O) groups is 1. The summed E-state index contributed by atoms with van der Waals surface area (Å²) in [4.78, 5) is 11.0. The van der Waals surface area contributed by atoms with Gasteiger partial charge in [-0.2, -0.15) is 0 Å². The summed E-state index contributed by atoms with van der Waals surface area (Å²) >= 11 is 0. The zero-order chi connectivity index (χ0) is 10.8. The van der Waals surface area contributed by atoms with E-state index in [-0.39, 0.29) is 11.7 Å². The number of hydrogen-bond donors (Lipinski definition) is 3. The van der Waals surface area contributed by atoms with Crippen LogP contribution in [-0.2, 0) is 4.79 Å². The van der Waals surface area contributed by atoms with Gasteiger partial charge in [-0.05, 0) is 17.7 Å². The third-order valence-corrected chi connectivity index (χ3v) is 2.83. The lowest BCUT2D eigenvalue weighted by molar-refractivity contribution is -0.141. The highest BCUT2D eigenvalue weighted by atomic mass is 16.4. The maximum atomic E-state index is 11.0. The Hall–Kier alpha value is -1.55. The van der Waals surface area contributed by atoms with Crippen LogP contribution in [0.2, 0.25) is 0 Å². The normalized spacial score (nSPS) is 25.3. The van der Waals surface area contributed by atoms with E-state index in [4.69, 9.17) is 5.11 Å². The molecule has 0 aromatic heterocycles. The van der Waals surface area contributed by atoms with Crippen molar-refractivity contribution in [3.63, 3.8) is 0 Å². The summed E-state index contributed by atoms with van der Waals surface area (Å²) < 4.78 is 0. The molecule has 4 heteroatoms. The average Bonchev–Trinajstić information content (AvgIpc) is 2.65. The van der Waals surface area contributed by atoms with Crippen LogP contribution in [0.1, 0.15) is 11.5 Å². The zero-order valence-corrected chi connectivity index (χ0v) is 8.18. The number of phenols is 1. The van der Waals surface area contributed by atoms with E-state index in [9.17, 15) is 9.90 Å². The maximum Gasteiger partial charge on any atom is 0.308 e. The third kappa shape index (κ3) is 1.94. The average molecular weight is 207 g/mol. The molecule has 15 heavy (non-hydrogen) atoms. The Balaban J connectivity index is 2.26. The highest BCUT2D eigenvalue weighted by molar-refractivity contribution is 5.72. The Bertz CT molecular complexity index is 378. The predicted molar refractivity (Wildman–Crippen MR) is 54.8 cm³/mol. The Labute approximate surface area is 87.6 Å². The first-order valence-corrected chi connectivity index (χ1v) is 4.91. The molecule has 0 amide bonds. The molecule has 0 spiro atoms. The highest BCUT2D eigenvalue weighted by Crippen LogP contribution is 2.29. The molecule has 4 nitrogen and oxygen atoms in total. The summed E-state index contributed by atoms with van der Waals surface area (Å²) in [6.45, 7) is 1.15. The number of rotatable bonds is 2. The molecule has 0 aliphatic carbocycles. The fourth-order valence-electron chi connectivity index (χ4n) is 2.04. The molecule has 2 rings (SSSR count). The van der Waals surface area contributed by atoms with Crippen LogP contribution in [0.3, 0.4) is 0 Å². The third-order valence-electron chi connectivity index (χ3n) is 2.83. The van der Waals surface area contributed by atoms with Gasteiger partial charge < -0.3 is 15.5 Å². The fourth-order valence-corrected chi connectivity index (χ4v) is 2.04. The van der Waals surface area contributed by atoms with E-state index in [1.807, 2.05) is 6.07 Å². The van der Waals surface area contributed by atoms with Crippen molar-refractivity contribution in [2.45, 2.75) is 5.92 Å². The van der Waals surface area contributed by atoms with Gasteiger partial charge in [-0.25, -0.2) is 0 Å². The van der Waals surface area contributed by atoms with E-state index in [1.165, 1.54) is 0 Å². The number of nitrogens with one attached hydrogen (secondary N) is 1. The lowest BCUT2D eigenvalue weighted by Crippen LogP contribution is -2.20. The van der Waals surface area contributed by atoms with E-state index in [0.717, 1.165) is 5.56 Å². The molecule has 0 radical (unpaired) electrons. The van der Waals surface area contributed by atoms with Gasteiger partial charge in [-0.15, -0.1) is 0 Å². The molecule has 0 bridgehead atoms. The van der Waals surface area contributed by atoms with Crippen LogP contribution in [-0.4, -0.2) is 29.3 Å². The van der Waals surface area contributed by atoms with Crippen LogP contribution in [0, 0.1) is 5.92 Å². The maximum absolute atomic E-state index is 11.0. The van der Waals surface area contributed by atoms with Gasteiger partial charge in [0, 0.05) is 19.0 Å². The zero-order valence-electron chi connectivity index (χ0n) is 8.18. The fraction of sp³-hybridized carbons (Fsp3) is 0.364. The number of phenolic OH excluding ortho intramolecular Hbond substituents is 1. The summed E-state index contributed by atoms with van der Waals surface area (Å²) in [5.41, 5.74) is 0.882. The monoisotopic (exact) mass is 207 g/mol. The number of carboxylic acids is 1. The van der Waals surface area contributed by atoms with Crippen LogP contribution in [0.5, 0.6) is 5.75 Å². The van der Waals surface area contributed by atoms with E-state index < -0.39 is 11.9 Å². The summed E-state index contributed by atoms with van der Waals surface area (Å²) in [5, 5.41) is 21.4. The van der Waals surface area contributed by atoms with Crippen LogP contribution in [0.4, 0.5) is 0 Å². The van der Waals surface area contributed by atoms with Gasteiger partial charge >= 0.3 is 5.97 Å². The quantitative estimate of drug-likeness (QED) is 0.670. The largest absolute Gasteiger partial charge is 0.508 e. The van der Waals surface area contributed by atoms with Crippen LogP contribution < -0.4 is 5.32 Å². The van der Waals surface area contributed by atoms with Crippen molar-refractivity contribution < 1.29 is 15.0 Å². The van der Waals surface area contributed by atoms with E-state index in [2.05, 4.69) is 5.32 Å². The predicted octanol–water partition coefficient (Wildman–Crippen LogP) is 0.780. The van der Waals surface area contributed by atoms with Crippen LogP contribution >= 0.6 is 0 Å². The molecule has 1 aromatic rings.